The second-order valence-electron chi connectivity index (χ2n) is 4.48. The van der Waals surface area contributed by atoms with Crippen LogP contribution >= 0.6 is 39.7 Å². The number of thiocarbonyl (C=S) groups is 1. The van der Waals surface area contributed by atoms with E-state index in [0.29, 0.717) is 17.3 Å². The van der Waals surface area contributed by atoms with Gasteiger partial charge in [-0.25, -0.2) is 4.39 Å². The summed E-state index contributed by atoms with van der Waals surface area (Å²) in [5, 5.41) is 7.74. The third kappa shape index (κ3) is 3.93. The summed E-state index contributed by atoms with van der Waals surface area (Å²) in [6.45, 7) is 0.581. The van der Waals surface area contributed by atoms with Gasteiger partial charge in [-0.1, -0.05) is 11.6 Å². The molecule has 2 rings (SSSR count). The van der Waals surface area contributed by atoms with Crippen LogP contribution < -0.4 is 5.32 Å². The van der Waals surface area contributed by atoms with Crippen LogP contribution in [0.25, 0.3) is 0 Å². The smallest absolute Gasteiger partial charge is 0.173 e. The Kier molecular flexibility index (Phi) is 5.18. The summed E-state index contributed by atoms with van der Waals surface area (Å²) in [6, 6.07) is 4.38. The summed E-state index contributed by atoms with van der Waals surface area (Å²) in [4.78, 5) is 1.86. The average molecular weight is 392 g/mol. The van der Waals surface area contributed by atoms with E-state index in [4.69, 9.17) is 23.8 Å². The van der Waals surface area contributed by atoms with E-state index in [9.17, 15) is 4.39 Å². The summed E-state index contributed by atoms with van der Waals surface area (Å²) in [5.41, 5.74) is 1.64. The molecule has 0 aliphatic carbocycles. The molecule has 0 saturated carbocycles. The molecule has 0 bridgehead atoms. The zero-order chi connectivity index (χ0) is 15.6. The van der Waals surface area contributed by atoms with Crippen LogP contribution in [0.5, 0.6) is 0 Å². The molecule has 0 aliphatic heterocycles. The summed E-state index contributed by atoms with van der Waals surface area (Å²) >= 11 is 14.5. The van der Waals surface area contributed by atoms with Gasteiger partial charge in [-0.05, 0) is 46.3 Å². The maximum Gasteiger partial charge on any atom is 0.173 e. The normalized spacial score (nSPS) is 10.5. The standard InChI is InChI=1S/C13H13BrClFN4S/c1-19(7-12-9(14)6-17-20(12)2)13(21)18-8-3-4-11(16)10(15)5-8/h3-6H,7H2,1-2H3,(H,18,21). The lowest BCUT2D eigenvalue weighted by atomic mass is 10.3. The minimum Gasteiger partial charge on any atom is -0.346 e. The Hall–Kier alpha value is -1.18. The zero-order valence-electron chi connectivity index (χ0n) is 11.4. The van der Waals surface area contributed by atoms with Crippen molar-refractivity contribution in [2.75, 3.05) is 12.4 Å². The topological polar surface area (TPSA) is 33.1 Å². The molecule has 8 heteroatoms. The quantitative estimate of drug-likeness (QED) is 0.807. The van der Waals surface area contributed by atoms with Crippen molar-refractivity contribution in [3.63, 3.8) is 0 Å². The molecule has 21 heavy (non-hydrogen) atoms. The monoisotopic (exact) mass is 390 g/mol. The van der Waals surface area contributed by atoms with Crippen molar-refractivity contribution in [3.05, 3.63) is 45.4 Å². The minimum atomic E-state index is -0.458. The predicted octanol–water partition coefficient (Wildman–Crippen LogP) is 3.80. The van der Waals surface area contributed by atoms with Crippen LogP contribution in [0.3, 0.4) is 0 Å². The fourth-order valence-electron chi connectivity index (χ4n) is 1.70. The minimum absolute atomic E-state index is 0.0554. The number of benzene rings is 1. The van der Waals surface area contributed by atoms with Gasteiger partial charge in [0.25, 0.3) is 0 Å². The van der Waals surface area contributed by atoms with Crippen LogP contribution in [0.15, 0.2) is 28.9 Å². The third-order valence-corrected chi connectivity index (χ3v) is 4.28. The van der Waals surface area contributed by atoms with Crippen molar-refractivity contribution < 1.29 is 4.39 Å². The van der Waals surface area contributed by atoms with E-state index in [1.54, 1.807) is 16.9 Å². The van der Waals surface area contributed by atoms with E-state index in [2.05, 4.69) is 26.3 Å². The molecule has 0 unspecified atom stereocenters. The number of aromatic nitrogens is 2. The average Bonchev–Trinajstić information content (AvgIpc) is 2.74. The van der Waals surface area contributed by atoms with Gasteiger partial charge < -0.3 is 10.2 Å². The van der Waals surface area contributed by atoms with Gasteiger partial charge in [0.15, 0.2) is 5.11 Å². The maximum atomic E-state index is 13.1. The van der Waals surface area contributed by atoms with Crippen LogP contribution in [0, 0.1) is 5.82 Å². The lowest BCUT2D eigenvalue weighted by Crippen LogP contribution is -2.31. The van der Waals surface area contributed by atoms with Gasteiger partial charge >= 0.3 is 0 Å². The molecular formula is C13H13BrClFN4S. The van der Waals surface area contributed by atoms with E-state index >= 15 is 0 Å². The molecule has 0 aliphatic rings. The number of aryl methyl sites for hydroxylation is 1. The van der Waals surface area contributed by atoms with Gasteiger partial charge in [0.05, 0.1) is 27.9 Å². The number of hydrogen-bond acceptors (Lipinski definition) is 2. The van der Waals surface area contributed by atoms with Crippen LogP contribution in [0.4, 0.5) is 10.1 Å². The van der Waals surface area contributed by atoms with Gasteiger partial charge in [0.1, 0.15) is 5.82 Å². The van der Waals surface area contributed by atoms with Crippen molar-refractivity contribution >= 4 is 50.5 Å². The predicted molar refractivity (Wildman–Crippen MR) is 90.0 cm³/mol. The Morgan fingerprint density at radius 1 is 1.57 bits per heavy atom. The Balaban J connectivity index is 2.04. The molecule has 2 aromatic rings. The number of anilines is 1. The highest BCUT2D eigenvalue weighted by molar-refractivity contribution is 9.10. The Morgan fingerprint density at radius 2 is 2.29 bits per heavy atom. The SMILES string of the molecule is CN(Cc1c(Br)cnn1C)C(=S)Nc1ccc(F)c(Cl)c1. The number of rotatable bonds is 3. The summed E-state index contributed by atoms with van der Waals surface area (Å²) < 4.78 is 15.8. The van der Waals surface area contributed by atoms with Gasteiger partial charge in [-0.2, -0.15) is 5.10 Å². The van der Waals surface area contributed by atoms with E-state index < -0.39 is 5.82 Å². The highest BCUT2D eigenvalue weighted by Crippen LogP contribution is 2.20. The van der Waals surface area contributed by atoms with Gasteiger partial charge in [-0.15, -0.1) is 0 Å². The molecular weight excluding hydrogens is 379 g/mol. The van der Waals surface area contributed by atoms with Crippen LogP contribution in [0.2, 0.25) is 5.02 Å². The van der Waals surface area contributed by atoms with Crippen molar-refractivity contribution in [1.29, 1.82) is 0 Å². The fraction of sp³-hybridized carbons (Fsp3) is 0.231. The second kappa shape index (κ2) is 6.72. The first kappa shape index (κ1) is 16.2. The first-order valence-corrected chi connectivity index (χ1v) is 7.60. The molecule has 0 radical (unpaired) electrons. The number of nitrogens with one attached hydrogen (secondary N) is 1. The molecule has 0 amide bonds. The Labute approximate surface area is 141 Å². The highest BCUT2D eigenvalue weighted by Gasteiger charge is 2.12. The highest BCUT2D eigenvalue weighted by atomic mass is 79.9. The van der Waals surface area contributed by atoms with Crippen molar-refractivity contribution in [3.8, 4) is 0 Å². The molecule has 112 valence electrons. The summed E-state index contributed by atoms with van der Waals surface area (Å²) in [5.74, 6) is -0.458. The molecule has 1 aromatic carbocycles. The van der Waals surface area contributed by atoms with E-state index in [1.165, 1.54) is 12.1 Å². The van der Waals surface area contributed by atoms with Crippen LogP contribution in [0.1, 0.15) is 5.69 Å². The zero-order valence-corrected chi connectivity index (χ0v) is 14.6. The van der Waals surface area contributed by atoms with Gasteiger partial charge in [0.2, 0.25) is 0 Å². The molecule has 0 atom stereocenters. The van der Waals surface area contributed by atoms with Crippen molar-refractivity contribution in [2.24, 2.45) is 7.05 Å². The lowest BCUT2D eigenvalue weighted by molar-refractivity contribution is 0.481. The molecule has 1 N–H and O–H groups in total. The lowest BCUT2D eigenvalue weighted by Gasteiger charge is -2.21. The maximum absolute atomic E-state index is 13.1. The molecule has 1 heterocycles. The third-order valence-electron chi connectivity index (χ3n) is 2.92. The van der Waals surface area contributed by atoms with Gasteiger partial charge in [0, 0.05) is 19.8 Å². The first-order valence-electron chi connectivity index (χ1n) is 6.02. The molecule has 0 spiro atoms. The fourth-order valence-corrected chi connectivity index (χ4v) is 2.54. The van der Waals surface area contributed by atoms with Crippen molar-refractivity contribution in [2.45, 2.75) is 6.54 Å². The molecule has 4 nitrogen and oxygen atoms in total. The summed E-state index contributed by atoms with van der Waals surface area (Å²) in [7, 11) is 3.73. The summed E-state index contributed by atoms with van der Waals surface area (Å²) in [6.07, 6.45) is 1.74. The number of nitrogens with zero attached hydrogens (tertiary/aromatic N) is 3. The largest absolute Gasteiger partial charge is 0.346 e. The van der Waals surface area contributed by atoms with E-state index in [1.807, 2.05) is 19.0 Å². The second-order valence-corrected chi connectivity index (χ2v) is 6.13. The van der Waals surface area contributed by atoms with E-state index in [-0.39, 0.29) is 5.02 Å². The van der Waals surface area contributed by atoms with E-state index in [0.717, 1.165) is 10.2 Å². The Morgan fingerprint density at radius 3 is 2.86 bits per heavy atom. The molecule has 0 saturated heterocycles. The van der Waals surface area contributed by atoms with Crippen LogP contribution in [-0.4, -0.2) is 26.8 Å². The van der Waals surface area contributed by atoms with Crippen LogP contribution in [-0.2, 0) is 13.6 Å². The number of halogens is 3. The first-order chi connectivity index (χ1) is 9.88. The Bertz CT molecular complexity index is 657. The number of hydrogen-bond donors (Lipinski definition) is 1. The van der Waals surface area contributed by atoms with Crippen molar-refractivity contribution in [1.82, 2.24) is 14.7 Å². The molecule has 1 aromatic heterocycles. The van der Waals surface area contributed by atoms with Gasteiger partial charge in [-0.3, -0.25) is 4.68 Å². The molecule has 0 fully saturated rings.